The van der Waals surface area contributed by atoms with Crippen LogP contribution in [0.5, 0.6) is 5.75 Å². The Kier molecular flexibility index (Phi) is 6.38. The molecule has 116 valence electrons. The number of rotatable bonds is 8. The van der Waals surface area contributed by atoms with Crippen LogP contribution in [0, 0.1) is 5.92 Å². The largest absolute Gasteiger partial charge is 0.494 e. The van der Waals surface area contributed by atoms with Gasteiger partial charge in [-0.1, -0.05) is 31.5 Å². The van der Waals surface area contributed by atoms with Crippen LogP contribution in [0.25, 0.3) is 0 Å². The summed E-state index contributed by atoms with van der Waals surface area (Å²) in [6.45, 7) is 3.84. The van der Waals surface area contributed by atoms with E-state index in [0.717, 1.165) is 37.2 Å². The number of hydrogen-bond acceptors (Lipinski definition) is 2. The Morgan fingerprint density at radius 3 is 2.86 bits per heavy atom. The van der Waals surface area contributed by atoms with Crippen molar-refractivity contribution in [2.45, 2.75) is 38.6 Å². The molecule has 2 unspecified atom stereocenters. The number of ether oxygens (including phenoxy) is 1. The number of guanidine groups is 1. The van der Waals surface area contributed by atoms with Gasteiger partial charge in [0.25, 0.3) is 0 Å². The van der Waals surface area contributed by atoms with Gasteiger partial charge in [-0.15, -0.1) is 0 Å². The molecule has 0 amide bonds. The first-order valence-electron chi connectivity index (χ1n) is 7.98. The molecule has 4 nitrogen and oxygen atoms in total. The van der Waals surface area contributed by atoms with E-state index >= 15 is 0 Å². The van der Waals surface area contributed by atoms with E-state index in [1.165, 1.54) is 19.3 Å². The zero-order chi connectivity index (χ0) is 14.9. The Balaban J connectivity index is 1.55. The number of nitrogens with one attached hydrogen (secondary N) is 2. The number of para-hydroxylation sites is 1. The minimum absolute atomic E-state index is 0.622. The highest BCUT2D eigenvalue weighted by molar-refractivity contribution is 5.80. The summed E-state index contributed by atoms with van der Waals surface area (Å²) in [5, 5.41) is 6.83. The Morgan fingerprint density at radius 2 is 2.14 bits per heavy atom. The molecular weight excluding hydrogens is 262 g/mol. The van der Waals surface area contributed by atoms with Crippen molar-refractivity contribution in [2.24, 2.45) is 10.9 Å². The molecule has 2 atom stereocenters. The second-order valence-electron chi connectivity index (χ2n) is 5.55. The average molecular weight is 289 g/mol. The van der Waals surface area contributed by atoms with Gasteiger partial charge in [0.15, 0.2) is 5.96 Å². The fourth-order valence-corrected chi connectivity index (χ4v) is 2.47. The molecule has 0 aliphatic heterocycles. The molecule has 1 aromatic carbocycles. The van der Waals surface area contributed by atoms with Gasteiger partial charge in [-0.3, -0.25) is 4.99 Å². The SMILES string of the molecule is CCCC1CC1NC(=NC)NCCCOc1ccccc1. The molecule has 0 heterocycles. The molecule has 0 saturated heterocycles. The Morgan fingerprint density at radius 1 is 1.33 bits per heavy atom. The van der Waals surface area contributed by atoms with Gasteiger partial charge < -0.3 is 15.4 Å². The Bertz CT molecular complexity index is 433. The second-order valence-corrected chi connectivity index (χ2v) is 5.55. The monoisotopic (exact) mass is 289 g/mol. The van der Waals surface area contributed by atoms with Crippen LogP contribution in [0.15, 0.2) is 35.3 Å². The van der Waals surface area contributed by atoms with E-state index in [1.807, 2.05) is 37.4 Å². The van der Waals surface area contributed by atoms with Crippen LogP contribution in [-0.4, -0.2) is 32.2 Å². The number of hydrogen-bond donors (Lipinski definition) is 2. The standard InChI is InChI=1S/C17H27N3O/c1-3-8-14-13-16(14)20-17(18-2)19-11-7-12-21-15-9-5-4-6-10-15/h4-6,9-10,14,16H,3,7-8,11-13H2,1-2H3,(H2,18,19,20). The smallest absolute Gasteiger partial charge is 0.191 e. The van der Waals surface area contributed by atoms with Crippen molar-refractivity contribution in [3.63, 3.8) is 0 Å². The van der Waals surface area contributed by atoms with E-state index in [0.29, 0.717) is 6.04 Å². The van der Waals surface area contributed by atoms with Crippen molar-refractivity contribution in [3.8, 4) is 5.75 Å². The molecule has 1 aromatic rings. The highest BCUT2D eigenvalue weighted by Crippen LogP contribution is 2.34. The van der Waals surface area contributed by atoms with Crippen molar-refractivity contribution in [1.29, 1.82) is 0 Å². The molecular formula is C17H27N3O. The van der Waals surface area contributed by atoms with Crippen LogP contribution >= 0.6 is 0 Å². The molecule has 1 fully saturated rings. The van der Waals surface area contributed by atoms with Gasteiger partial charge in [0.2, 0.25) is 0 Å². The lowest BCUT2D eigenvalue weighted by molar-refractivity contribution is 0.311. The van der Waals surface area contributed by atoms with Gasteiger partial charge >= 0.3 is 0 Å². The van der Waals surface area contributed by atoms with E-state index in [-0.39, 0.29) is 0 Å². The van der Waals surface area contributed by atoms with Crippen molar-refractivity contribution in [1.82, 2.24) is 10.6 Å². The van der Waals surface area contributed by atoms with Crippen LogP contribution < -0.4 is 15.4 Å². The van der Waals surface area contributed by atoms with Crippen LogP contribution in [0.2, 0.25) is 0 Å². The fourth-order valence-electron chi connectivity index (χ4n) is 2.47. The topological polar surface area (TPSA) is 45.7 Å². The highest BCUT2D eigenvalue weighted by Gasteiger charge is 2.36. The Hall–Kier alpha value is -1.71. The van der Waals surface area contributed by atoms with E-state index in [1.54, 1.807) is 0 Å². The number of nitrogens with zero attached hydrogens (tertiary/aromatic N) is 1. The summed E-state index contributed by atoms with van der Waals surface area (Å²) >= 11 is 0. The molecule has 1 aliphatic carbocycles. The maximum atomic E-state index is 5.66. The van der Waals surface area contributed by atoms with E-state index in [9.17, 15) is 0 Å². The average Bonchev–Trinajstić information content (AvgIpc) is 3.25. The van der Waals surface area contributed by atoms with Gasteiger partial charge in [-0.05, 0) is 37.3 Å². The summed E-state index contributed by atoms with van der Waals surface area (Å²) in [5.41, 5.74) is 0. The molecule has 4 heteroatoms. The molecule has 0 aromatic heterocycles. The van der Waals surface area contributed by atoms with E-state index in [4.69, 9.17) is 4.74 Å². The van der Waals surface area contributed by atoms with Crippen molar-refractivity contribution in [3.05, 3.63) is 30.3 Å². The molecule has 2 N–H and O–H groups in total. The van der Waals surface area contributed by atoms with Crippen molar-refractivity contribution < 1.29 is 4.74 Å². The third kappa shape index (κ3) is 5.66. The van der Waals surface area contributed by atoms with Gasteiger partial charge in [-0.2, -0.15) is 0 Å². The molecule has 0 radical (unpaired) electrons. The summed E-state index contributed by atoms with van der Waals surface area (Å²) in [5.74, 6) is 2.69. The first kappa shape index (κ1) is 15.7. The summed E-state index contributed by atoms with van der Waals surface area (Å²) in [7, 11) is 1.83. The van der Waals surface area contributed by atoms with Crippen LogP contribution in [0.3, 0.4) is 0 Å². The minimum atomic E-state index is 0.622. The Labute approximate surface area is 128 Å². The quantitative estimate of drug-likeness (QED) is 0.439. The summed E-state index contributed by atoms with van der Waals surface area (Å²) in [4.78, 5) is 4.27. The molecule has 2 rings (SSSR count). The summed E-state index contributed by atoms with van der Waals surface area (Å²) in [6.07, 6.45) is 4.83. The van der Waals surface area contributed by atoms with Gasteiger partial charge in [-0.25, -0.2) is 0 Å². The van der Waals surface area contributed by atoms with E-state index in [2.05, 4.69) is 22.5 Å². The first-order valence-corrected chi connectivity index (χ1v) is 7.98. The fraction of sp³-hybridized carbons (Fsp3) is 0.588. The zero-order valence-corrected chi connectivity index (χ0v) is 13.1. The lowest BCUT2D eigenvalue weighted by Crippen LogP contribution is -2.39. The van der Waals surface area contributed by atoms with Crippen LogP contribution in [-0.2, 0) is 0 Å². The normalized spacial score (nSPS) is 21.0. The predicted molar refractivity (Wildman–Crippen MR) is 87.9 cm³/mol. The highest BCUT2D eigenvalue weighted by atomic mass is 16.5. The molecule has 1 aliphatic rings. The number of aliphatic imine (C=N–C) groups is 1. The molecule has 21 heavy (non-hydrogen) atoms. The summed E-state index contributed by atoms with van der Waals surface area (Å²) in [6, 6.07) is 10.6. The third-order valence-corrected chi connectivity index (χ3v) is 3.75. The zero-order valence-electron chi connectivity index (χ0n) is 13.1. The predicted octanol–water partition coefficient (Wildman–Crippen LogP) is 2.81. The van der Waals surface area contributed by atoms with Crippen LogP contribution in [0.4, 0.5) is 0 Å². The summed E-state index contributed by atoms with van der Waals surface area (Å²) < 4.78 is 5.66. The second kappa shape index (κ2) is 8.55. The van der Waals surface area contributed by atoms with Crippen molar-refractivity contribution >= 4 is 5.96 Å². The van der Waals surface area contributed by atoms with Gasteiger partial charge in [0.1, 0.15) is 5.75 Å². The minimum Gasteiger partial charge on any atom is -0.494 e. The van der Waals surface area contributed by atoms with Crippen molar-refractivity contribution in [2.75, 3.05) is 20.2 Å². The molecule has 1 saturated carbocycles. The first-order chi connectivity index (χ1) is 10.3. The maximum Gasteiger partial charge on any atom is 0.191 e. The third-order valence-electron chi connectivity index (χ3n) is 3.75. The maximum absolute atomic E-state index is 5.66. The van der Waals surface area contributed by atoms with E-state index < -0.39 is 0 Å². The van der Waals surface area contributed by atoms with Crippen LogP contribution in [0.1, 0.15) is 32.6 Å². The van der Waals surface area contributed by atoms with Gasteiger partial charge in [0.05, 0.1) is 6.61 Å². The van der Waals surface area contributed by atoms with Gasteiger partial charge in [0, 0.05) is 19.6 Å². The number of benzene rings is 1. The molecule has 0 spiro atoms. The lowest BCUT2D eigenvalue weighted by Gasteiger charge is -2.12. The lowest BCUT2D eigenvalue weighted by atomic mass is 10.2. The molecule has 0 bridgehead atoms.